The summed E-state index contributed by atoms with van der Waals surface area (Å²) in [4.78, 5) is 47.7. The number of halogens is 1. The monoisotopic (exact) mass is 550 g/mol. The molecule has 0 saturated carbocycles. The van der Waals surface area contributed by atoms with Crippen LogP contribution in [0.1, 0.15) is 80.8 Å². The summed E-state index contributed by atoms with van der Waals surface area (Å²) in [6.07, 6.45) is 3.99. The molecule has 0 N–H and O–H groups in total. The number of likely N-dealkylation sites (tertiary alicyclic amines) is 1. The molecule has 3 heterocycles. The number of fused-ring (bicyclic) bond motifs is 1. The number of nitrogens with zero attached hydrogens (tertiary/aromatic N) is 4. The molecule has 8 nitrogen and oxygen atoms in total. The maximum atomic E-state index is 14.5. The van der Waals surface area contributed by atoms with Crippen molar-refractivity contribution >= 4 is 28.7 Å². The summed E-state index contributed by atoms with van der Waals surface area (Å²) in [5.41, 5.74) is 2.04. The number of benzene rings is 1. The summed E-state index contributed by atoms with van der Waals surface area (Å²) in [6.45, 7) is 14.4. The van der Waals surface area contributed by atoms with Gasteiger partial charge >= 0.3 is 6.09 Å². The molecule has 1 fully saturated rings. The molecule has 0 aliphatic carbocycles. The largest absolute Gasteiger partial charge is 0.444 e. The number of pyridine rings is 1. The van der Waals surface area contributed by atoms with Crippen molar-refractivity contribution in [3.05, 3.63) is 59.3 Å². The zero-order valence-corrected chi connectivity index (χ0v) is 24.5. The van der Waals surface area contributed by atoms with E-state index in [1.807, 2.05) is 53.0 Å². The highest BCUT2D eigenvalue weighted by molar-refractivity contribution is 6.11. The zero-order valence-electron chi connectivity index (χ0n) is 24.5. The van der Waals surface area contributed by atoms with Crippen molar-refractivity contribution in [3.8, 4) is 5.69 Å². The van der Waals surface area contributed by atoms with E-state index in [9.17, 15) is 18.8 Å². The van der Waals surface area contributed by atoms with Crippen LogP contribution in [0.5, 0.6) is 0 Å². The van der Waals surface area contributed by atoms with Gasteiger partial charge in [0.05, 0.1) is 23.0 Å². The standard InChI is InChI=1S/C31H39FN4O4/c1-8-35(19(2)3)29(38)24-17-22(32)9-10-25(24)36-20(4)27(23-11-14-33-18-26(23)36)28(37)21-12-15-34(16-13-21)30(39)40-31(5,6)7/h9-11,14,17-19,21H,8,12-13,15-16H2,1-7H3. The van der Waals surface area contributed by atoms with E-state index in [4.69, 9.17) is 4.74 Å². The summed E-state index contributed by atoms with van der Waals surface area (Å²) in [7, 11) is 0. The van der Waals surface area contributed by atoms with E-state index in [0.29, 0.717) is 54.9 Å². The highest BCUT2D eigenvalue weighted by atomic mass is 19.1. The minimum absolute atomic E-state index is 0.0105. The van der Waals surface area contributed by atoms with E-state index in [-0.39, 0.29) is 35.3 Å². The van der Waals surface area contributed by atoms with Gasteiger partial charge in [-0.2, -0.15) is 0 Å². The smallest absolute Gasteiger partial charge is 0.410 e. The Hall–Kier alpha value is -3.75. The van der Waals surface area contributed by atoms with Crippen molar-refractivity contribution in [1.82, 2.24) is 19.4 Å². The normalized spacial score (nSPS) is 14.6. The Morgan fingerprint density at radius 1 is 1.15 bits per heavy atom. The fourth-order valence-corrected chi connectivity index (χ4v) is 5.51. The molecule has 0 atom stereocenters. The lowest BCUT2D eigenvalue weighted by atomic mass is 9.88. The van der Waals surface area contributed by atoms with Gasteiger partial charge in [0.2, 0.25) is 0 Å². The number of ether oxygens (including phenoxy) is 1. The maximum absolute atomic E-state index is 14.5. The van der Waals surface area contributed by atoms with Crippen LogP contribution < -0.4 is 0 Å². The van der Waals surface area contributed by atoms with Crippen LogP contribution in [0, 0.1) is 18.7 Å². The van der Waals surface area contributed by atoms with Crippen LogP contribution in [0.4, 0.5) is 9.18 Å². The van der Waals surface area contributed by atoms with E-state index in [1.165, 1.54) is 12.1 Å². The van der Waals surface area contributed by atoms with Gasteiger partial charge in [0.25, 0.3) is 5.91 Å². The molecule has 1 aromatic carbocycles. The Balaban J connectivity index is 1.73. The molecule has 0 bridgehead atoms. The van der Waals surface area contributed by atoms with Crippen molar-refractivity contribution in [2.75, 3.05) is 19.6 Å². The highest BCUT2D eigenvalue weighted by Gasteiger charge is 2.33. The quantitative estimate of drug-likeness (QED) is 0.343. The number of piperidine rings is 1. The third-order valence-corrected chi connectivity index (χ3v) is 7.43. The van der Waals surface area contributed by atoms with Gasteiger partial charge in [-0.1, -0.05) is 0 Å². The highest BCUT2D eigenvalue weighted by Crippen LogP contribution is 2.34. The molecule has 9 heteroatoms. The van der Waals surface area contributed by atoms with Crippen molar-refractivity contribution in [2.24, 2.45) is 5.92 Å². The Kier molecular flexibility index (Phi) is 8.33. The molecule has 3 aromatic rings. The second-order valence-electron chi connectivity index (χ2n) is 11.6. The lowest BCUT2D eigenvalue weighted by Crippen LogP contribution is -2.43. The van der Waals surface area contributed by atoms with Crippen LogP contribution in [0.3, 0.4) is 0 Å². The zero-order chi connectivity index (χ0) is 29.4. The molecular formula is C31H39FN4O4. The van der Waals surface area contributed by atoms with Crippen LogP contribution in [0.2, 0.25) is 0 Å². The summed E-state index contributed by atoms with van der Waals surface area (Å²) in [5.74, 6) is -1.06. The number of amides is 2. The summed E-state index contributed by atoms with van der Waals surface area (Å²) >= 11 is 0. The predicted octanol–water partition coefficient (Wildman–Crippen LogP) is 6.17. The topological polar surface area (TPSA) is 84.7 Å². The number of Topliss-reactive ketones (excluding diaryl/α,β-unsaturated/α-hetero) is 1. The van der Waals surface area contributed by atoms with Gasteiger partial charge in [-0.25, -0.2) is 9.18 Å². The van der Waals surface area contributed by atoms with E-state index in [2.05, 4.69) is 4.98 Å². The molecule has 0 radical (unpaired) electrons. The average molecular weight is 551 g/mol. The second-order valence-corrected chi connectivity index (χ2v) is 11.6. The van der Waals surface area contributed by atoms with Gasteiger partial charge in [-0.05, 0) is 85.6 Å². The molecule has 40 heavy (non-hydrogen) atoms. The lowest BCUT2D eigenvalue weighted by molar-refractivity contribution is 0.0182. The molecule has 1 saturated heterocycles. The van der Waals surface area contributed by atoms with Crippen LogP contribution in [0.15, 0.2) is 36.7 Å². The minimum Gasteiger partial charge on any atom is -0.444 e. The van der Waals surface area contributed by atoms with Gasteiger partial charge in [-0.15, -0.1) is 0 Å². The first-order valence-electron chi connectivity index (χ1n) is 13.9. The number of ketones is 1. The maximum Gasteiger partial charge on any atom is 0.410 e. The summed E-state index contributed by atoms with van der Waals surface area (Å²) < 4.78 is 21.8. The van der Waals surface area contributed by atoms with Crippen molar-refractivity contribution in [2.45, 2.75) is 73.0 Å². The number of carbonyl (C=O) groups is 3. The van der Waals surface area contributed by atoms with E-state index in [1.54, 1.807) is 34.3 Å². The van der Waals surface area contributed by atoms with Crippen molar-refractivity contribution < 1.29 is 23.5 Å². The third-order valence-electron chi connectivity index (χ3n) is 7.43. The molecule has 1 aliphatic rings. The number of hydrogen-bond acceptors (Lipinski definition) is 5. The molecule has 0 unspecified atom stereocenters. The Morgan fingerprint density at radius 3 is 2.42 bits per heavy atom. The van der Waals surface area contributed by atoms with Crippen molar-refractivity contribution in [3.63, 3.8) is 0 Å². The molecular weight excluding hydrogens is 511 g/mol. The van der Waals surface area contributed by atoms with Crippen LogP contribution >= 0.6 is 0 Å². The molecule has 4 rings (SSSR count). The Bertz CT molecular complexity index is 1430. The molecule has 0 spiro atoms. The fraction of sp³-hybridized carbons (Fsp3) is 0.484. The van der Waals surface area contributed by atoms with Gasteiger partial charge in [-0.3, -0.25) is 14.6 Å². The second kappa shape index (κ2) is 11.4. The first-order chi connectivity index (χ1) is 18.8. The first-order valence-corrected chi connectivity index (χ1v) is 13.9. The predicted molar refractivity (Wildman–Crippen MR) is 152 cm³/mol. The van der Waals surface area contributed by atoms with Gasteiger partial charge in [0, 0.05) is 54.4 Å². The van der Waals surface area contributed by atoms with Crippen LogP contribution in [-0.2, 0) is 4.74 Å². The van der Waals surface area contributed by atoms with Crippen LogP contribution in [-0.4, -0.2) is 68.4 Å². The van der Waals surface area contributed by atoms with Gasteiger partial charge in [0.1, 0.15) is 11.4 Å². The molecule has 2 aromatic heterocycles. The summed E-state index contributed by atoms with van der Waals surface area (Å²) in [5, 5.41) is 0.728. The number of aromatic nitrogens is 2. The van der Waals surface area contributed by atoms with E-state index >= 15 is 0 Å². The molecule has 2 amide bonds. The SMILES string of the molecule is CCN(C(=O)c1cc(F)ccc1-n1c(C)c(C(=O)C2CCN(C(=O)OC(C)(C)C)CC2)c2ccncc21)C(C)C. The minimum atomic E-state index is -0.583. The number of rotatable bonds is 6. The van der Waals surface area contributed by atoms with E-state index < -0.39 is 11.4 Å². The van der Waals surface area contributed by atoms with E-state index in [0.717, 1.165) is 5.39 Å². The molecule has 1 aliphatic heterocycles. The molecule has 214 valence electrons. The summed E-state index contributed by atoms with van der Waals surface area (Å²) in [6, 6.07) is 5.91. The first kappa shape index (κ1) is 29.2. The fourth-order valence-electron chi connectivity index (χ4n) is 5.51. The Labute approximate surface area is 235 Å². The van der Waals surface area contributed by atoms with Crippen LogP contribution in [0.25, 0.3) is 16.6 Å². The average Bonchev–Trinajstić information content (AvgIpc) is 3.19. The van der Waals surface area contributed by atoms with Crippen molar-refractivity contribution in [1.29, 1.82) is 0 Å². The van der Waals surface area contributed by atoms with Gasteiger partial charge < -0.3 is 19.1 Å². The third kappa shape index (κ3) is 5.74. The number of hydrogen-bond donors (Lipinski definition) is 0. The number of carbonyl (C=O) groups excluding carboxylic acids is 3. The Morgan fingerprint density at radius 2 is 1.82 bits per heavy atom. The lowest BCUT2D eigenvalue weighted by Gasteiger charge is -2.33. The van der Waals surface area contributed by atoms with Gasteiger partial charge in [0.15, 0.2) is 5.78 Å².